The fourth-order valence-corrected chi connectivity index (χ4v) is 1.44. The van der Waals surface area contributed by atoms with Crippen LogP contribution in [-0.2, 0) is 0 Å². The van der Waals surface area contributed by atoms with Gasteiger partial charge in [0.05, 0.1) is 11.3 Å². The highest BCUT2D eigenvalue weighted by Crippen LogP contribution is 2.11. The lowest BCUT2D eigenvalue weighted by Gasteiger charge is -2.06. The number of carboxylic acid groups (broad SMARTS) is 1. The van der Waals surface area contributed by atoms with E-state index in [1.807, 2.05) is 6.92 Å². The molecule has 18 heavy (non-hydrogen) atoms. The Morgan fingerprint density at radius 3 is 2.78 bits per heavy atom. The van der Waals surface area contributed by atoms with E-state index in [4.69, 9.17) is 5.11 Å². The molecular formula is C14H20N2O2. The van der Waals surface area contributed by atoms with Crippen LogP contribution in [0.15, 0.2) is 29.4 Å². The molecule has 4 nitrogen and oxygen atoms in total. The van der Waals surface area contributed by atoms with Crippen LogP contribution < -0.4 is 5.43 Å². The Bertz CT molecular complexity index is 439. The van der Waals surface area contributed by atoms with Crippen LogP contribution in [0.25, 0.3) is 0 Å². The minimum Gasteiger partial charge on any atom is -0.478 e. The number of aromatic carboxylic acids is 1. The summed E-state index contributed by atoms with van der Waals surface area (Å²) in [6.45, 7) is 6.32. The van der Waals surface area contributed by atoms with Gasteiger partial charge in [0, 0.05) is 5.71 Å². The van der Waals surface area contributed by atoms with Gasteiger partial charge in [-0.05, 0) is 43.9 Å². The number of nitrogens with one attached hydrogen (secondary N) is 1. The van der Waals surface area contributed by atoms with E-state index in [1.165, 1.54) is 0 Å². The Hall–Kier alpha value is -1.84. The van der Waals surface area contributed by atoms with Crippen molar-refractivity contribution in [2.24, 2.45) is 11.0 Å². The van der Waals surface area contributed by atoms with E-state index < -0.39 is 5.97 Å². The number of hydrogen-bond acceptors (Lipinski definition) is 3. The molecule has 0 radical (unpaired) electrons. The molecule has 1 aromatic rings. The maximum Gasteiger partial charge on any atom is 0.335 e. The summed E-state index contributed by atoms with van der Waals surface area (Å²) in [6.07, 6.45) is 2.05. The van der Waals surface area contributed by atoms with Gasteiger partial charge >= 0.3 is 5.97 Å². The summed E-state index contributed by atoms with van der Waals surface area (Å²) in [6, 6.07) is 6.63. The van der Waals surface area contributed by atoms with Crippen LogP contribution in [0.5, 0.6) is 0 Å². The fraction of sp³-hybridized carbons (Fsp3) is 0.429. The molecule has 0 aliphatic carbocycles. The third kappa shape index (κ3) is 4.99. The van der Waals surface area contributed by atoms with E-state index in [0.717, 1.165) is 18.6 Å². The zero-order valence-corrected chi connectivity index (χ0v) is 11.1. The molecule has 2 N–H and O–H groups in total. The average Bonchev–Trinajstić information content (AvgIpc) is 2.34. The topological polar surface area (TPSA) is 61.7 Å². The maximum absolute atomic E-state index is 10.8. The lowest BCUT2D eigenvalue weighted by atomic mass is 10.1. The van der Waals surface area contributed by atoms with Crippen molar-refractivity contribution in [1.29, 1.82) is 0 Å². The summed E-state index contributed by atoms with van der Waals surface area (Å²) < 4.78 is 0. The highest BCUT2D eigenvalue weighted by atomic mass is 16.4. The van der Waals surface area contributed by atoms with Gasteiger partial charge in [-0.1, -0.05) is 19.9 Å². The van der Waals surface area contributed by atoms with Gasteiger partial charge in [-0.2, -0.15) is 5.10 Å². The first-order valence-electron chi connectivity index (χ1n) is 6.11. The van der Waals surface area contributed by atoms with Crippen molar-refractivity contribution in [1.82, 2.24) is 0 Å². The van der Waals surface area contributed by atoms with Crippen LogP contribution in [0, 0.1) is 5.92 Å². The molecule has 0 fully saturated rings. The third-order valence-corrected chi connectivity index (χ3v) is 2.57. The number of carbonyl (C=O) groups is 1. The molecule has 0 aliphatic heterocycles. The van der Waals surface area contributed by atoms with Gasteiger partial charge in [-0.25, -0.2) is 4.79 Å². The summed E-state index contributed by atoms with van der Waals surface area (Å²) >= 11 is 0. The molecule has 0 heterocycles. The largest absolute Gasteiger partial charge is 0.478 e. The van der Waals surface area contributed by atoms with Gasteiger partial charge in [0.25, 0.3) is 0 Å². The van der Waals surface area contributed by atoms with Crippen molar-refractivity contribution in [3.63, 3.8) is 0 Å². The van der Waals surface area contributed by atoms with Crippen molar-refractivity contribution in [3.8, 4) is 0 Å². The van der Waals surface area contributed by atoms with Crippen LogP contribution >= 0.6 is 0 Å². The molecule has 0 spiro atoms. The molecular weight excluding hydrogens is 228 g/mol. The maximum atomic E-state index is 10.8. The van der Waals surface area contributed by atoms with Crippen molar-refractivity contribution >= 4 is 17.4 Å². The quantitative estimate of drug-likeness (QED) is 0.597. The standard InChI is InChI=1S/C14H20N2O2/c1-10(2)7-8-11(3)15-16-13-6-4-5-12(9-13)14(17)18/h4-6,9-10,16H,7-8H2,1-3H3,(H,17,18)/b15-11+. The highest BCUT2D eigenvalue weighted by Gasteiger charge is 2.02. The zero-order chi connectivity index (χ0) is 13.5. The Morgan fingerprint density at radius 1 is 1.44 bits per heavy atom. The number of hydrogen-bond donors (Lipinski definition) is 2. The van der Waals surface area contributed by atoms with Gasteiger partial charge in [0.2, 0.25) is 0 Å². The number of hydrazone groups is 1. The number of carboxylic acids is 1. The average molecular weight is 248 g/mol. The van der Waals surface area contributed by atoms with Crippen molar-refractivity contribution < 1.29 is 9.90 Å². The zero-order valence-electron chi connectivity index (χ0n) is 11.1. The van der Waals surface area contributed by atoms with E-state index >= 15 is 0 Å². The molecule has 1 rings (SSSR count). The van der Waals surface area contributed by atoms with Crippen LogP contribution in [0.1, 0.15) is 44.0 Å². The summed E-state index contributed by atoms with van der Waals surface area (Å²) in [5.41, 5.74) is 4.86. The third-order valence-electron chi connectivity index (χ3n) is 2.57. The first-order chi connectivity index (χ1) is 8.49. The van der Waals surface area contributed by atoms with E-state index in [0.29, 0.717) is 11.6 Å². The van der Waals surface area contributed by atoms with Gasteiger partial charge < -0.3 is 5.11 Å². The van der Waals surface area contributed by atoms with Crippen LogP contribution in [0.2, 0.25) is 0 Å². The molecule has 0 aromatic heterocycles. The van der Waals surface area contributed by atoms with E-state index in [1.54, 1.807) is 24.3 Å². The summed E-state index contributed by atoms with van der Waals surface area (Å²) in [5, 5.41) is 13.1. The lowest BCUT2D eigenvalue weighted by molar-refractivity contribution is 0.0697. The second-order valence-electron chi connectivity index (χ2n) is 4.78. The van der Waals surface area contributed by atoms with Crippen molar-refractivity contribution in [2.45, 2.75) is 33.6 Å². The number of nitrogens with zero attached hydrogens (tertiary/aromatic N) is 1. The van der Waals surface area contributed by atoms with Crippen molar-refractivity contribution in [2.75, 3.05) is 5.43 Å². The first kappa shape index (κ1) is 14.2. The number of anilines is 1. The minimum absolute atomic E-state index is 0.259. The number of benzene rings is 1. The molecule has 0 unspecified atom stereocenters. The fourth-order valence-electron chi connectivity index (χ4n) is 1.44. The Kier molecular flexibility index (Phi) is 5.36. The monoisotopic (exact) mass is 248 g/mol. The molecule has 0 saturated heterocycles. The summed E-state index contributed by atoms with van der Waals surface area (Å²) in [4.78, 5) is 10.8. The number of rotatable bonds is 6. The van der Waals surface area contributed by atoms with Gasteiger partial charge in [0.1, 0.15) is 0 Å². The highest BCUT2D eigenvalue weighted by molar-refractivity contribution is 5.89. The SMILES string of the molecule is C/C(CCC(C)C)=N\Nc1cccc(C(=O)O)c1. The second-order valence-corrected chi connectivity index (χ2v) is 4.78. The smallest absolute Gasteiger partial charge is 0.335 e. The molecule has 1 aromatic carbocycles. The van der Waals surface area contributed by atoms with Crippen LogP contribution in [0.3, 0.4) is 0 Å². The van der Waals surface area contributed by atoms with Gasteiger partial charge in [0.15, 0.2) is 0 Å². The second kappa shape index (κ2) is 6.79. The van der Waals surface area contributed by atoms with Gasteiger partial charge in [-0.3, -0.25) is 5.43 Å². The van der Waals surface area contributed by atoms with Crippen LogP contribution in [0.4, 0.5) is 5.69 Å². The van der Waals surface area contributed by atoms with E-state index in [-0.39, 0.29) is 5.56 Å². The molecule has 0 saturated carbocycles. The Labute approximate surface area is 108 Å². The van der Waals surface area contributed by atoms with E-state index in [9.17, 15) is 4.79 Å². The molecule has 0 amide bonds. The Morgan fingerprint density at radius 2 is 2.17 bits per heavy atom. The van der Waals surface area contributed by atoms with Crippen molar-refractivity contribution in [3.05, 3.63) is 29.8 Å². The van der Waals surface area contributed by atoms with Gasteiger partial charge in [-0.15, -0.1) is 0 Å². The molecule has 0 aliphatic rings. The summed E-state index contributed by atoms with van der Waals surface area (Å²) in [5.74, 6) is -0.273. The molecule has 0 bridgehead atoms. The Balaban J connectivity index is 2.59. The minimum atomic E-state index is -0.931. The van der Waals surface area contributed by atoms with E-state index in [2.05, 4.69) is 24.4 Å². The lowest BCUT2D eigenvalue weighted by Crippen LogP contribution is -2.01. The molecule has 4 heteroatoms. The predicted molar refractivity (Wildman–Crippen MR) is 74.2 cm³/mol. The van der Waals surface area contributed by atoms with Crippen LogP contribution in [-0.4, -0.2) is 16.8 Å². The normalized spacial score (nSPS) is 11.7. The predicted octanol–water partition coefficient (Wildman–Crippen LogP) is 3.61. The summed E-state index contributed by atoms with van der Waals surface area (Å²) in [7, 11) is 0. The first-order valence-corrected chi connectivity index (χ1v) is 6.11. The molecule has 0 atom stereocenters. The molecule has 98 valence electrons.